The van der Waals surface area contributed by atoms with Crippen LogP contribution >= 0.6 is 11.8 Å². The van der Waals surface area contributed by atoms with Crippen molar-refractivity contribution < 1.29 is 8.42 Å². The van der Waals surface area contributed by atoms with Gasteiger partial charge in [0, 0.05) is 16.9 Å². The van der Waals surface area contributed by atoms with Crippen LogP contribution in [0, 0.1) is 11.3 Å². The number of nitrogens with zero attached hydrogens (tertiary/aromatic N) is 1. The van der Waals surface area contributed by atoms with E-state index in [9.17, 15) is 8.42 Å². The Labute approximate surface area is 94.0 Å². The van der Waals surface area contributed by atoms with Gasteiger partial charge in [-0.3, -0.25) is 0 Å². The van der Waals surface area contributed by atoms with Crippen LogP contribution in [0.3, 0.4) is 0 Å². The lowest BCUT2D eigenvalue weighted by Gasteiger charge is -2.00. The third-order valence-electron chi connectivity index (χ3n) is 1.71. The maximum atomic E-state index is 10.9. The number of benzene rings is 1. The van der Waals surface area contributed by atoms with E-state index in [1.165, 1.54) is 18.0 Å². The first-order chi connectivity index (χ1) is 7.01. The van der Waals surface area contributed by atoms with Crippen LogP contribution in [0.25, 0.3) is 0 Å². The van der Waals surface area contributed by atoms with E-state index in [4.69, 9.17) is 5.26 Å². The number of hydrogen-bond donors (Lipinski definition) is 0. The van der Waals surface area contributed by atoms with Crippen LogP contribution in [-0.2, 0) is 9.84 Å². The lowest BCUT2D eigenvalue weighted by Crippen LogP contribution is -2.04. The van der Waals surface area contributed by atoms with Gasteiger partial charge in [0.2, 0.25) is 0 Å². The molecule has 0 saturated heterocycles. The highest BCUT2D eigenvalue weighted by Crippen LogP contribution is 2.18. The normalized spacial score (nSPS) is 10.9. The van der Waals surface area contributed by atoms with Gasteiger partial charge in [-0.15, -0.1) is 11.8 Å². The molecule has 0 N–H and O–H groups in total. The molecule has 0 aliphatic carbocycles. The molecule has 0 aliphatic rings. The summed E-state index contributed by atoms with van der Waals surface area (Å²) in [5, 5.41) is 8.58. The van der Waals surface area contributed by atoms with Crippen LogP contribution in [-0.4, -0.2) is 26.2 Å². The quantitative estimate of drug-likeness (QED) is 0.753. The van der Waals surface area contributed by atoms with Crippen LogP contribution in [0.1, 0.15) is 5.56 Å². The van der Waals surface area contributed by atoms with Crippen LogP contribution in [0.15, 0.2) is 29.2 Å². The standard InChI is InChI=1S/C10H11NO2S2/c1-15(12,13)7-6-14-10-4-2-9(8-11)3-5-10/h2-5H,6-7H2,1H3. The minimum absolute atomic E-state index is 0.178. The van der Waals surface area contributed by atoms with E-state index in [1.54, 1.807) is 12.1 Å². The Morgan fingerprint density at radius 3 is 2.40 bits per heavy atom. The van der Waals surface area contributed by atoms with Crippen molar-refractivity contribution in [2.45, 2.75) is 4.90 Å². The summed E-state index contributed by atoms with van der Waals surface area (Å²) in [6, 6.07) is 9.13. The zero-order valence-electron chi connectivity index (χ0n) is 8.30. The van der Waals surface area contributed by atoms with Gasteiger partial charge in [-0.1, -0.05) is 0 Å². The maximum absolute atomic E-state index is 10.9. The van der Waals surface area contributed by atoms with E-state index in [1.807, 2.05) is 18.2 Å². The van der Waals surface area contributed by atoms with Gasteiger partial charge in [0.05, 0.1) is 17.4 Å². The second-order valence-electron chi connectivity index (χ2n) is 3.11. The third kappa shape index (κ3) is 4.86. The van der Waals surface area contributed by atoms with Crippen molar-refractivity contribution in [3.05, 3.63) is 29.8 Å². The molecule has 0 saturated carbocycles. The zero-order valence-corrected chi connectivity index (χ0v) is 9.94. The summed E-state index contributed by atoms with van der Waals surface area (Å²) in [6.45, 7) is 0. The molecular weight excluding hydrogens is 230 g/mol. The van der Waals surface area contributed by atoms with E-state index < -0.39 is 9.84 Å². The Kier molecular flexibility index (Phi) is 4.18. The number of rotatable bonds is 4. The largest absolute Gasteiger partial charge is 0.229 e. The Bertz CT molecular complexity index is 457. The fraction of sp³-hybridized carbons (Fsp3) is 0.300. The van der Waals surface area contributed by atoms with Crippen LogP contribution in [0.2, 0.25) is 0 Å². The van der Waals surface area contributed by atoms with Crippen LogP contribution in [0.5, 0.6) is 0 Å². The van der Waals surface area contributed by atoms with Crippen molar-refractivity contribution in [1.82, 2.24) is 0 Å². The Hall–Kier alpha value is -0.990. The molecule has 0 radical (unpaired) electrons. The maximum Gasteiger partial charge on any atom is 0.148 e. The summed E-state index contributed by atoms with van der Waals surface area (Å²) >= 11 is 1.48. The highest BCUT2D eigenvalue weighted by atomic mass is 32.2. The average Bonchev–Trinajstić information content (AvgIpc) is 2.17. The van der Waals surface area contributed by atoms with Crippen LogP contribution in [0.4, 0.5) is 0 Å². The smallest absolute Gasteiger partial charge is 0.148 e. The van der Waals surface area contributed by atoms with Gasteiger partial charge in [-0.05, 0) is 24.3 Å². The molecule has 1 rings (SSSR count). The molecule has 1 aromatic carbocycles. The SMILES string of the molecule is CS(=O)(=O)CCSc1ccc(C#N)cc1. The summed E-state index contributed by atoms with van der Waals surface area (Å²) in [6.07, 6.45) is 1.23. The van der Waals surface area contributed by atoms with E-state index >= 15 is 0 Å². The second-order valence-corrected chi connectivity index (χ2v) is 6.54. The topological polar surface area (TPSA) is 57.9 Å². The van der Waals surface area contributed by atoms with Crippen molar-refractivity contribution in [2.24, 2.45) is 0 Å². The lowest BCUT2D eigenvalue weighted by molar-refractivity contribution is 0.603. The molecule has 0 bridgehead atoms. The molecule has 1 aromatic rings. The van der Waals surface area contributed by atoms with E-state index in [-0.39, 0.29) is 5.75 Å². The first-order valence-electron chi connectivity index (χ1n) is 4.32. The Balaban J connectivity index is 2.49. The summed E-state index contributed by atoms with van der Waals surface area (Å²) in [5.74, 6) is 0.725. The number of thioether (sulfide) groups is 1. The van der Waals surface area contributed by atoms with Gasteiger partial charge in [0.25, 0.3) is 0 Å². The molecule has 0 aliphatic heterocycles. The van der Waals surface area contributed by atoms with E-state index in [0.29, 0.717) is 11.3 Å². The molecule has 0 atom stereocenters. The molecule has 0 spiro atoms. The molecule has 0 amide bonds. The number of hydrogen-bond acceptors (Lipinski definition) is 4. The van der Waals surface area contributed by atoms with Crippen molar-refractivity contribution in [3.63, 3.8) is 0 Å². The van der Waals surface area contributed by atoms with Gasteiger partial charge >= 0.3 is 0 Å². The zero-order chi connectivity index (χ0) is 11.3. The molecule has 3 nitrogen and oxygen atoms in total. The molecule has 0 unspecified atom stereocenters. The first-order valence-corrected chi connectivity index (χ1v) is 7.36. The van der Waals surface area contributed by atoms with Crippen molar-refractivity contribution in [3.8, 4) is 6.07 Å². The first kappa shape index (κ1) is 12.1. The highest BCUT2D eigenvalue weighted by Gasteiger charge is 2.02. The lowest BCUT2D eigenvalue weighted by atomic mass is 10.2. The summed E-state index contributed by atoms with van der Waals surface area (Å²) < 4.78 is 21.7. The predicted molar refractivity (Wildman–Crippen MR) is 61.6 cm³/mol. The van der Waals surface area contributed by atoms with Crippen LogP contribution < -0.4 is 0 Å². The molecular formula is C10H11NO2S2. The number of sulfone groups is 1. The van der Waals surface area contributed by atoms with Crippen molar-refractivity contribution >= 4 is 21.6 Å². The van der Waals surface area contributed by atoms with E-state index in [0.717, 1.165) is 4.90 Å². The van der Waals surface area contributed by atoms with E-state index in [2.05, 4.69) is 0 Å². The second kappa shape index (κ2) is 5.19. The molecule has 5 heteroatoms. The molecule has 0 aromatic heterocycles. The number of nitriles is 1. The van der Waals surface area contributed by atoms with Crippen molar-refractivity contribution in [1.29, 1.82) is 5.26 Å². The fourth-order valence-electron chi connectivity index (χ4n) is 0.937. The average molecular weight is 241 g/mol. The Morgan fingerprint density at radius 1 is 1.33 bits per heavy atom. The molecule has 0 fully saturated rings. The van der Waals surface area contributed by atoms with Gasteiger partial charge in [-0.2, -0.15) is 5.26 Å². The summed E-state index contributed by atoms with van der Waals surface area (Å²) in [7, 11) is -2.88. The molecule has 80 valence electrons. The molecule has 15 heavy (non-hydrogen) atoms. The van der Waals surface area contributed by atoms with Gasteiger partial charge in [-0.25, -0.2) is 8.42 Å². The predicted octanol–water partition coefficient (Wildman–Crippen LogP) is 1.69. The fourth-order valence-corrected chi connectivity index (χ4v) is 3.05. The minimum Gasteiger partial charge on any atom is -0.229 e. The highest BCUT2D eigenvalue weighted by molar-refractivity contribution is 8.00. The van der Waals surface area contributed by atoms with Crippen molar-refractivity contribution in [2.75, 3.05) is 17.8 Å². The minimum atomic E-state index is -2.88. The monoisotopic (exact) mass is 241 g/mol. The molecule has 0 heterocycles. The van der Waals surface area contributed by atoms with Gasteiger partial charge < -0.3 is 0 Å². The van der Waals surface area contributed by atoms with Gasteiger partial charge in [0.1, 0.15) is 9.84 Å². The summed E-state index contributed by atoms with van der Waals surface area (Å²) in [5.41, 5.74) is 0.613. The Morgan fingerprint density at radius 2 is 1.93 bits per heavy atom. The van der Waals surface area contributed by atoms with Gasteiger partial charge in [0.15, 0.2) is 0 Å². The third-order valence-corrected chi connectivity index (χ3v) is 3.92. The summed E-state index contributed by atoms with van der Waals surface area (Å²) in [4.78, 5) is 0.984.